The van der Waals surface area contributed by atoms with Gasteiger partial charge in [0.05, 0.1) is 17.3 Å². The molecule has 3 nitrogen and oxygen atoms in total. The summed E-state index contributed by atoms with van der Waals surface area (Å²) in [5.41, 5.74) is 0. The summed E-state index contributed by atoms with van der Waals surface area (Å²) in [6.07, 6.45) is 2.87. The van der Waals surface area contributed by atoms with Crippen molar-refractivity contribution in [2.45, 2.75) is 6.42 Å². The van der Waals surface area contributed by atoms with Crippen molar-refractivity contribution in [3.8, 4) is 5.75 Å². The van der Waals surface area contributed by atoms with Crippen molar-refractivity contribution in [3.05, 3.63) is 21.9 Å². The number of hydrogen-bond acceptors (Lipinski definition) is 3. The maximum absolute atomic E-state index is 5.81. The Hall–Kier alpha value is -0.320. The fourth-order valence-electron chi connectivity index (χ4n) is 1.86. The quantitative estimate of drug-likeness (QED) is 0.803. The van der Waals surface area contributed by atoms with E-state index in [1.165, 1.54) is 6.42 Å². The number of hydrogen-bond donors (Lipinski definition) is 0. The second kappa shape index (κ2) is 5.34. The average molecular weight is 306 g/mol. The molecule has 1 aromatic rings. The van der Waals surface area contributed by atoms with E-state index in [1.54, 1.807) is 6.20 Å². The Labute approximate surface area is 109 Å². The van der Waals surface area contributed by atoms with Gasteiger partial charge < -0.3 is 9.64 Å². The van der Waals surface area contributed by atoms with Gasteiger partial charge in [-0.25, -0.2) is 4.98 Å². The molecule has 0 aromatic carbocycles. The second-order valence-electron chi connectivity index (χ2n) is 4.17. The molecule has 1 fully saturated rings. The Morgan fingerprint density at radius 1 is 1.69 bits per heavy atom. The molecule has 1 atom stereocenters. The van der Waals surface area contributed by atoms with E-state index in [0.29, 0.717) is 11.1 Å². The third-order valence-electron chi connectivity index (χ3n) is 2.75. The first kappa shape index (κ1) is 12.1. The Morgan fingerprint density at radius 2 is 2.50 bits per heavy atom. The molecule has 0 spiro atoms. The van der Waals surface area contributed by atoms with E-state index in [-0.39, 0.29) is 0 Å². The van der Waals surface area contributed by atoms with Crippen LogP contribution in [0, 0.1) is 5.92 Å². The summed E-state index contributed by atoms with van der Waals surface area (Å²) in [7, 11) is 2.14. The van der Waals surface area contributed by atoms with Crippen LogP contribution in [-0.4, -0.2) is 36.6 Å². The van der Waals surface area contributed by atoms with Crippen molar-refractivity contribution in [2.24, 2.45) is 5.92 Å². The van der Waals surface area contributed by atoms with Crippen LogP contribution in [0.25, 0.3) is 0 Å². The Bertz CT molecular complexity index is 375. The van der Waals surface area contributed by atoms with Crippen LogP contribution < -0.4 is 4.74 Å². The average Bonchev–Trinajstić information content (AvgIpc) is 2.66. The molecule has 0 aliphatic carbocycles. The van der Waals surface area contributed by atoms with Crippen LogP contribution in [0.3, 0.4) is 0 Å². The van der Waals surface area contributed by atoms with Crippen LogP contribution in [0.5, 0.6) is 5.75 Å². The summed E-state index contributed by atoms with van der Waals surface area (Å²) < 4.78 is 6.47. The fraction of sp³-hybridized carbons (Fsp3) is 0.545. The monoisotopic (exact) mass is 304 g/mol. The molecule has 0 amide bonds. The predicted molar refractivity (Wildman–Crippen MR) is 68.0 cm³/mol. The van der Waals surface area contributed by atoms with Gasteiger partial charge in [-0.1, -0.05) is 11.6 Å². The zero-order valence-electron chi connectivity index (χ0n) is 9.12. The lowest BCUT2D eigenvalue weighted by molar-refractivity contribution is 0.248. The minimum Gasteiger partial charge on any atom is -0.492 e. The van der Waals surface area contributed by atoms with Gasteiger partial charge in [-0.05, 0) is 42.0 Å². The van der Waals surface area contributed by atoms with E-state index >= 15 is 0 Å². The third-order valence-corrected chi connectivity index (χ3v) is 3.88. The first-order valence-electron chi connectivity index (χ1n) is 5.27. The van der Waals surface area contributed by atoms with Crippen LogP contribution in [-0.2, 0) is 0 Å². The number of pyridine rings is 1. The molecule has 16 heavy (non-hydrogen) atoms. The molecule has 0 bridgehead atoms. The smallest absolute Gasteiger partial charge is 0.143 e. The van der Waals surface area contributed by atoms with Crippen LogP contribution in [0.2, 0.25) is 5.15 Å². The lowest BCUT2D eigenvalue weighted by Gasteiger charge is -2.12. The third kappa shape index (κ3) is 3.09. The van der Waals surface area contributed by atoms with Crippen molar-refractivity contribution in [3.63, 3.8) is 0 Å². The largest absolute Gasteiger partial charge is 0.492 e. The Kier molecular flexibility index (Phi) is 4.05. The predicted octanol–water partition coefficient (Wildman–Crippen LogP) is 2.83. The number of halogens is 2. The number of likely N-dealkylation sites (tertiary alicyclic amines) is 1. The molecule has 0 radical (unpaired) electrons. The van der Waals surface area contributed by atoms with Crippen molar-refractivity contribution in [2.75, 3.05) is 26.7 Å². The fourth-order valence-corrected chi connectivity index (χ4v) is 2.29. The van der Waals surface area contributed by atoms with Gasteiger partial charge in [0.25, 0.3) is 0 Å². The van der Waals surface area contributed by atoms with E-state index < -0.39 is 0 Å². The highest BCUT2D eigenvalue weighted by Gasteiger charge is 2.19. The summed E-state index contributed by atoms with van der Waals surface area (Å²) in [5.74, 6) is 1.39. The molecule has 0 N–H and O–H groups in total. The van der Waals surface area contributed by atoms with Crippen molar-refractivity contribution in [1.82, 2.24) is 9.88 Å². The highest BCUT2D eigenvalue weighted by Crippen LogP contribution is 2.25. The van der Waals surface area contributed by atoms with Gasteiger partial charge in [0, 0.05) is 12.5 Å². The molecule has 0 unspecified atom stereocenters. The number of nitrogens with zero attached hydrogens (tertiary/aromatic N) is 2. The van der Waals surface area contributed by atoms with E-state index in [2.05, 4.69) is 32.9 Å². The molecule has 0 saturated carbocycles. The summed E-state index contributed by atoms with van der Waals surface area (Å²) in [4.78, 5) is 6.35. The standard InChI is InChI=1S/C11H14BrClN2O/c1-15-3-2-8(6-15)7-16-9-4-10(12)11(13)14-5-9/h4-5,8H,2-3,6-7H2,1H3/t8-/m1/s1. The number of rotatable bonds is 3. The normalized spacial score (nSPS) is 21.3. The van der Waals surface area contributed by atoms with Gasteiger partial charge in [0.2, 0.25) is 0 Å². The molecule has 2 heterocycles. The van der Waals surface area contributed by atoms with Crippen molar-refractivity contribution in [1.29, 1.82) is 0 Å². The van der Waals surface area contributed by atoms with Crippen molar-refractivity contribution < 1.29 is 4.74 Å². The maximum atomic E-state index is 5.81. The topological polar surface area (TPSA) is 25.4 Å². The minimum atomic E-state index is 0.466. The highest BCUT2D eigenvalue weighted by molar-refractivity contribution is 9.10. The summed E-state index contributed by atoms with van der Waals surface area (Å²) in [6, 6.07) is 1.86. The van der Waals surface area contributed by atoms with Crippen molar-refractivity contribution >= 4 is 27.5 Å². The van der Waals surface area contributed by atoms with Gasteiger partial charge in [0.1, 0.15) is 10.9 Å². The first-order valence-corrected chi connectivity index (χ1v) is 6.44. The first-order chi connectivity index (χ1) is 7.65. The van der Waals surface area contributed by atoms with Crippen LogP contribution >= 0.6 is 27.5 Å². The molecular weight excluding hydrogens is 291 g/mol. The maximum Gasteiger partial charge on any atom is 0.143 e. The van der Waals surface area contributed by atoms with Gasteiger partial charge in [-0.2, -0.15) is 0 Å². The van der Waals surface area contributed by atoms with Gasteiger partial charge in [0.15, 0.2) is 0 Å². The highest BCUT2D eigenvalue weighted by atomic mass is 79.9. The van der Waals surface area contributed by atoms with Gasteiger partial charge >= 0.3 is 0 Å². The summed E-state index contributed by atoms with van der Waals surface area (Å²) >= 11 is 9.13. The minimum absolute atomic E-state index is 0.466. The molecule has 1 aliphatic rings. The van der Waals surface area contributed by atoms with Gasteiger partial charge in [-0.15, -0.1) is 0 Å². The van der Waals surface area contributed by atoms with Gasteiger partial charge in [-0.3, -0.25) is 0 Å². The number of aromatic nitrogens is 1. The zero-order chi connectivity index (χ0) is 11.5. The molecule has 5 heteroatoms. The lowest BCUT2D eigenvalue weighted by atomic mass is 10.1. The number of ether oxygens (including phenoxy) is 1. The summed E-state index contributed by atoms with van der Waals surface area (Å²) in [6.45, 7) is 3.03. The Balaban J connectivity index is 1.87. The van der Waals surface area contributed by atoms with Crippen LogP contribution in [0.4, 0.5) is 0 Å². The van der Waals surface area contributed by atoms with E-state index in [4.69, 9.17) is 16.3 Å². The van der Waals surface area contributed by atoms with Crippen LogP contribution in [0.15, 0.2) is 16.7 Å². The van der Waals surface area contributed by atoms with Crippen LogP contribution in [0.1, 0.15) is 6.42 Å². The summed E-state index contributed by atoms with van der Waals surface area (Å²) in [5, 5.41) is 0.466. The zero-order valence-corrected chi connectivity index (χ0v) is 11.5. The van der Waals surface area contributed by atoms with E-state index in [1.807, 2.05) is 6.07 Å². The Morgan fingerprint density at radius 3 is 3.12 bits per heavy atom. The molecular formula is C11H14BrClN2O. The van der Waals surface area contributed by atoms with E-state index in [9.17, 15) is 0 Å². The molecule has 1 aliphatic heterocycles. The molecule has 2 rings (SSSR count). The molecule has 88 valence electrons. The molecule has 1 saturated heterocycles. The van der Waals surface area contributed by atoms with E-state index in [0.717, 1.165) is 29.9 Å². The molecule has 1 aromatic heterocycles. The second-order valence-corrected chi connectivity index (χ2v) is 5.38. The lowest BCUT2D eigenvalue weighted by Crippen LogP contribution is -2.17. The SMILES string of the molecule is CN1CC[C@@H](COc2cnc(Cl)c(Br)c2)C1.